The summed E-state index contributed by atoms with van der Waals surface area (Å²) >= 11 is 0. The van der Waals surface area contributed by atoms with Gasteiger partial charge in [0.2, 0.25) is 11.8 Å². The molecule has 1 atom stereocenters. The smallest absolute Gasteiger partial charge is 0.308 e. The highest BCUT2D eigenvalue weighted by atomic mass is 16.4. The second kappa shape index (κ2) is 4.08. The lowest BCUT2D eigenvalue weighted by Gasteiger charge is -2.14. The van der Waals surface area contributed by atoms with Crippen LogP contribution < -0.4 is 5.32 Å². The van der Waals surface area contributed by atoms with Gasteiger partial charge in [0.05, 0.1) is 12.5 Å². The number of likely N-dealkylation sites (N-methyl/N-ethyl adjacent to an activating group) is 1. The zero-order valence-electron chi connectivity index (χ0n) is 7.82. The second-order valence-electron chi connectivity index (χ2n) is 3.19. The lowest BCUT2D eigenvalue weighted by molar-refractivity contribution is -0.141. The third-order valence-corrected chi connectivity index (χ3v) is 2.18. The van der Waals surface area contributed by atoms with Gasteiger partial charge in [0.25, 0.3) is 0 Å². The quantitative estimate of drug-likeness (QED) is 0.590. The monoisotopic (exact) mass is 200 g/mol. The normalized spacial score (nSPS) is 21.1. The van der Waals surface area contributed by atoms with Gasteiger partial charge in [-0.1, -0.05) is 0 Å². The SMILES string of the molecule is CNC(=O)CN1CC(C(=O)O)CC1=O. The number of carboxylic acid groups (broad SMARTS) is 1. The molecule has 0 radical (unpaired) electrons. The summed E-state index contributed by atoms with van der Waals surface area (Å²) in [5, 5.41) is 11.0. The maximum absolute atomic E-state index is 11.2. The van der Waals surface area contributed by atoms with E-state index >= 15 is 0 Å². The number of aliphatic carboxylic acids is 1. The molecule has 78 valence electrons. The van der Waals surface area contributed by atoms with Crippen molar-refractivity contribution in [3.05, 3.63) is 0 Å². The van der Waals surface area contributed by atoms with E-state index in [0.29, 0.717) is 0 Å². The molecule has 1 unspecified atom stereocenters. The lowest BCUT2D eigenvalue weighted by atomic mass is 10.1. The maximum atomic E-state index is 11.2. The standard InChI is InChI=1S/C8H12N2O4/c1-9-6(11)4-10-3-5(8(13)14)2-7(10)12/h5H,2-4H2,1H3,(H,9,11)(H,13,14). The number of amides is 2. The highest BCUT2D eigenvalue weighted by Gasteiger charge is 2.34. The first-order chi connectivity index (χ1) is 6.54. The molecule has 0 bridgehead atoms. The Kier molecular flexibility index (Phi) is 3.06. The van der Waals surface area contributed by atoms with E-state index < -0.39 is 11.9 Å². The van der Waals surface area contributed by atoms with Crippen LogP contribution >= 0.6 is 0 Å². The molecule has 1 aliphatic rings. The van der Waals surface area contributed by atoms with Crippen molar-refractivity contribution < 1.29 is 19.5 Å². The number of hydrogen-bond donors (Lipinski definition) is 2. The van der Waals surface area contributed by atoms with Crippen LogP contribution in [-0.2, 0) is 14.4 Å². The molecule has 0 saturated carbocycles. The van der Waals surface area contributed by atoms with Crippen LogP contribution in [0.15, 0.2) is 0 Å². The Morgan fingerprint density at radius 3 is 2.71 bits per heavy atom. The number of carboxylic acids is 1. The molecule has 0 aromatic rings. The van der Waals surface area contributed by atoms with Crippen molar-refractivity contribution in [2.24, 2.45) is 5.92 Å². The Balaban J connectivity index is 2.53. The number of nitrogens with one attached hydrogen (secondary N) is 1. The van der Waals surface area contributed by atoms with Crippen LogP contribution in [-0.4, -0.2) is 47.9 Å². The fourth-order valence-electron chi connectivity index (χ4n) is 1.34. The number of carbonyl (C=O) groups excluding carboxylic acids is 2. The van der Waals surface area contributed by atoms with Gasteiger partial charge >= 0.3 is 5.97 Å². The average Bonchev–Trinajstić information content (AvgIpc) is 2.48. The third kappa shape index (κ3) is 2.21. The van der Waals surface area contributed by atoms with Crippen molar-refractivity contribution in [2.45, 2.75) is 6.42 Å². The first-order valence-electron chi connectivity index (χ1n) is 4.25. The van der Waals surface area contributed by atoms with E-state index in [1.807, 2.05) is 0 Å². The van der Waals surface area contributed by atoms with E-state index in [1.165, 1.54) is 11.9 Å². The van der Waals surface area contributed by atoms with Gasteiger partial charge in [-0.25, -0.2) is 0 Å². The molecular weight excluding hydrogens is 188 g/mol. The maximum Gasteiger partial charge on any atom is 0.308 e. The Hall–Kier alpha value is -1.59. The van der Waals surface area contributed by atoms with E-state index in [2.05, 4.69) is 5.32 Å². The Bertz CT molecular complexity index is 277. The van der Waals surface area contributed by atoms with Crippen molar-refractivity contribution >= 4 is 17.8 Å². The predicted molar refractivity (Wildman–Crippen MR) is 46.4 cm³/mol. The van der Waals surface area contributed by atoms with Crippen LogP contribution in [0.2, 0.25) is 0 Å². The molecule has 2 amide bonds. The fraction of sp³-hybridized carbons (Fsp3) is 0.625. The van der Waals surface area contributed by atoms with Gasteiger partial charge in [-0.05, 0) is 0 Å². The molecule has 6 nitrogen and oxygen atoms in total. The van der Waals surface area contributed by atoms with E-state index in [4.69, 9.17) is 5.11 Å². The Morgan fingerprint density at radius 1 is 1.64 bits per heavy atom. The molecule has 0 spiro atoms. The zero-order valence-corrected chi connectivity index (χ0v) is 7.82. The van der Waals surface area contributed by atoms with Crippen molar-refractivity contribution in [1.82, 2.24) is 10.2 Å². The number of nitrogens with zero attached hydrogens (tertiary/aromatic N) is 1. The van der Waals surface area contributed by atoms with E-state index in [9.17, 15) is 14.4 Å². The summed E-state index contributed by atoms with van der Waals surface area (Å²) in [6.45, 7) is 0.0701. The molecular formula is C8H12N2O4. The van der Waals surface area contributed by atoms with E-state index in [1.54, 1.807) is 0 Å². The Morgan fingerprint density at radius 2 is 2.29 bits per heavy atom. The van der Waals surface area contributed by atoms with E-state index in [-0.39, 0.29) is 31.3 Å². The van der Waals surface area contributed by atoms with Gasteiger partial charge < -0.3 is 15.3 Å². The van der Waals surface area contributed by atoms with Crippen LogP contribution in [0.5, 0.6) is 0 Å². The van der Waals surface area contributed by atoms with Gasteiger partial charge in [-0.2, -0.15) is 0 Å². The predicted octanol–water partition coefficient (Wildman–Crippen LogP) is -1.33. The number of carbonyl (C=O) groups is 3. The van der Waals surface area contributed by atoms with Gasteiger partial charge in [0, 0.05) is 20.0 Å². The molecule has 0 aromatic heterocycles. The molecule has 1 heterocycles. The van der Waals surface area contributed by atoms with E-state index in [0.717, 1.165) is 0 Å². The molecule has 0 aliphatic carbocycles. The van der Waals surface area contributed by atoms with Crippen molar-refractivity contribution in [3.63, 3.8) is 0 Å². The van der Waals surface area contributed by atoms with Crippen LogP contribution in [0.4, 0.5) is 0 Å². The van der Waals surface area contributed by atoms with Crippen LogP contribution in [0.25, 0.3) is 0 Å². The molecule has 1 fully saturated rings. The average molecular weight is 200 g/mol. The molecule has 14 heavy (non-hydrogen) atoms. The molecule has 1 saturated heterocycles. The Labute approximate surface area is 80.9 Å². The minimum Gasteiger partial charge on any atom is -0.481 e. The van der Waals surface area contributed by atoms with Crippen molar-refractivity contribution in [2.75, 3.05) is 20.1 Å². The molecule has 0 aromatic carbocycles. The van der Waals surface area contributed by atoms with Gasteiger partial charge in [0.15, 0.2) is 0 Å². The summed E-state index contributed by atoms with van der Waals surface area (Å²) < 4.78 is 0. The molecule has 1 aliphatic heterocycles. The first-order valence-corrected chi connectivity index (χ1v) is 4.25. The minimum atomic E-state index is -0.988. The zero-order chi connectivity index (χ0) is 10.7. The minimum absolute atomic E-state index is 0.00761. The first kappa shape index (κ1) is 10.5. The van der Waals surface area contributed by atoms with Crippen molar-refractivity contribution in [1.29, 1.82) is 0 Å². The summed E-state index contributed by atoms with van der Waals surface area (Å²) in [5.41, 5.74) is 0. The van der Waals surface area contributed by atoms with Crippen LogP contribution in [0.1, 0.15) is 6.42 Å². The summed E-state index contributed by atoms with van der Waals surface area (Å²) in [6.07, 6.45) is -0.00761. The third-order valence-electron chi connectivity index (χ3n) is 2.18. The summed E-state index contributed by atoms with van der Waals surface area (Å²) in [4.78, 5) is 34.0. The summed E-state index contributed by atoms with van der Waals surface area (Å²) in [6, 6.07) is 0. The number of likely N-dealkylation sites (tertiary alicyclic amines) is 1. The highest BCUT2D eigenvalue weighted by molar-refractivity contribution is 5.89. The molecule has 1 rings (SSSR count). The fourth-order valence-corrected chi connectivity index (χ4v) is 1.34. The van der Waals surface area contributed by atoms with Gasteiger partial charge in [-0.15, -0.1) is 0 Å². The van der Waals surface area contributed by atoms with Gasteiger partial charge in [0.1, 0.15) is 0 Å². The molecule has 2 N–H and O–H groups in total. The molecule has 6 heteroatoms. The summed E-state index contributed by atoms with van der Waals surface area (Å²) in [7, 11) is 1.47. The lowest BCUT2D eigenvalue weighted by Crippen LogP contribution is -2.36. The number of hydrogen-bond acceptors (Lipinski definition) is 3. The number of rotatable bonds is 3. The van der Waals surface area contributed by atoms with Gasteiger partial charge in [-0.3, -0.25) is 14.4 Å². The van der Waals surface area contributed by atoms with Crippen LogP contribution in [0, 0.1) is 5.92 Å². The second-order valence-corrected chi connectivity index (χ2v) is 3.19. The van der Waals surface area contributed by atoms with Crippen molar-refractivity contribution in [3.8, 4) is 0 Å². The highest BCUT2D eigenvalue weighted by Crippen LogP contribution is 2.17. The summed E-state index contributed by atoms with van der Waals surface area (Å²) in [5.74, 6) is -2.23. The van der Waals surface area contributed by atoms with Crippen LogP contribution in [0.3, 0.4) is 0 Å². The largest absolute Gasteiger partial charge is 0.481 e. The topological polar surface area (TPSA) is 86.7 Å².